The Balaban J connectivity index is 1.37. The summed E-state index contributed by atoms with van der Waals surface area (Å²) in [5.74, 6) is -0.122. The molecule has 0 bridgehead atoms. The normalized spacial score (nSPS) is 14.7. The highest BCUT2D eigenvalue weighted by Gasteiger charge is 2.23. The van der Waals surface area contributed by atoms with Crippen LogP contribution in [0.3, 0.4) is 0 Å². The van der Waals surface area contributed by atoms with Crippen molar-refractivity contribution in [1.82, 2.24) is 29.5 Å². The number of rotatable bonds is 7. The van der Waals surface area contributed by atoms with Crippen LogP contribution in [0, 0.1) is 0 Å². The number of carbonyl (C=O) groups is 2. The quantitative estimate of drug-likeness (QED) is 0.273. The maximum atomic E-state index is 12.6. The molecule has 12 heteroatoms. The van der Waals surface area contributed by atoms with Gasteiger partial charge in [0.15, 0.2) is 0 Å². The molecule has 1 atom stereocenters. The molecule has 3 aromatic heterocycles. The second-order valence-corrected chi connectivity index (χ2v) is 10.1. The molecule has 0 saturated heterocycles. The van der Waals surface area contributed by atoms with Crippen molar-refractivity contribution in [1.29, 1.82) is 0 Å². The number of anilines is 2. The van der Waals surface area contributed by atoms with E-state index in [1.165, 1.54) is 12.4 Å². The lowest BCUT2D eigenvalue weighted by atomic mass is 9.98. The summed E-state index contributed by atoms with van der Waals surface area (Å²) in [4.78, 5) is 31.9. The van der Waals surface area contributed by atoms with E-state index >= 15 is 0 Å². The van der Waals surface area contributed by atoms with Crippen molar-refractivity contribution in [3.63, 3.8) is 0 Å². The number of aromatic nitrogens is 6. The van der Waals surface area contributed by atoms with Crippen molar-refractivity contribution < 1.29 is 19.4 Å². The molecule has 12 nitrogen and oxygen atoms in total. The highest BCUT2D eigenvalue weighted by atomic mass is 16.5. The van der Waals surface area contributed by atoms with E-state index in [-0.39, 0.29) is 24.1 Å². The summed E-state index contributed by atoms with van der Waals surface area (Å²) in [6, 6.07) is 9.86. The molecule has 4 heterocycles. The first-order chi connectivity index (χ1) is 19.7. The number of fused-ring (bicyclic) bond motifs is 2. The average molecular weight is 553 g/mol. The summed E-state index contributed by atoms with van der Waals surface area (Å²) in [7, 11) is 3.79. The van der Waals surface area contributed by atoms with Crippen LogP contribution in [-0.4, -0.2) is 59.2 Å². The second-order valence-electron chi connectivity index (χ2n) is 10.1. The summed E-state index contributed by atoms with van der Waals surface area (Å²) in [6.45, 7) is 2.23. The molecule has 6 rings (SSSR count). The molecular formula is C29H28N8O4. The van der Waals surface area contributed by atoms with Gasteiger partial charge in [-0.05, 0) is 30.7 Å². The number of hydrogen-bond donors (Lipinski definition) is 3. The van der Waals surface area contributed by atoms with E-state index in [0.29, 0.717) is 30.1 Å². The number of carboxylic acid groups (broad SMARTS) is 1. The van der Waals surface area contributed by atoms with Gasteiger partial charge in [0.2, 0.25) is 5.91 Å². The fourth-order valence-electron chi connectivity index (χ4n) is 5.00. The number of aryl methyl sites for hydroxylation is 2. The molecule has 3 N–H and O–H groups in total. The van der Waals surface area contributed by atoms with Gasteiger partial charge in [0.1, 0.15) is 17.3 Å². The Hall–Kier alpha value is -5.26. The zero-order valence-electron chi connectivity index (χ0n) is 22.8. The minimum absolute atomic E-state index is 0.0276. The van der Waals surface area contributed by atoms with Crippen LogP contribution in [0.4, 0.5) is 11.4 Å². The molecule has 208 valence electrons. The fourth-order valence-corrected chi connectivity index (χ4v) is 5.00. The van der Waals surface area contributed by atoms with Crippen molar-refractivity contribution in [2.24, 2.45) is 14.1 Å². The zero-order valence-corrected chi connectivity index (χ0v) is 22.8. The Bertz CT molecular complexity index is 1790. The van der Waals surface area contributed by atoms with E-state index in [2.05, 4.69) is 31.8 Å². The van der Waals surface area contributed by atoms with Crippen LogP contribution in [0.1, 0.15) is 29.5 Å². The van der Waals surface area contributed by atoms with Crippen molar-refractivity contribution in [3.8, 4) is 28.1 Å². The van der Waals surface area contributed by atoms with Gasteiger partial charge in [-0.2, -0.15) is 10.2 Å². The Morgan fingerprint density at radius 2 is 1.93 bits per heavy atom. The van der Waals surface area contributed by atoms with E-state index in [0.717, 1.165) is 39.0 Å². The van der Waals surface area contributed by atoms with Gasteiger partial charge in [-0.3, -0.25) is 14.2 Å². The summed E-state index contributed by atoms with van der Waals surface area (Å²) in [5.41, 5.74) is 6.01. The van der Waals surface area contributed by atoms with E-state index < -0.39 is 5.97 Å². The Labute approximate surface area is 235 Å². The van der Waals surface area contributed by atoms with E-state index in [4.69, 9.17) is 14.9 Å². The molecule has 0 aliphatic carbocycles. The van der Waals surface area contributed by atoms with Gasteiger partial charge in [0.25, 0.3) is 0 Å². The molecule has 0 spiro atoms. The molecule has 1 aliphatic rings. The molecule has 1 amide bonds. The molecule has 0 fully saturated rings. The molecular weight excluding hydrogens is 524 g/mol. The Morgan fingerprint density at radius 3 is 2.66 bits per heavy atom. The molecule has 0 saturated carbocycles. The van der Waals surface area contributed by atoms with Gasteiger partial charge in [-0.25, -0.2) is 14.8 Å². The summed E-state index contributed by atoms with van der Waals surface area (Å²) < 4.78 is 9.71. The first-order valence-electron chi connectivity index (χ1n) is 13.1. The largest absolute Gasteiger partial charge is 0.493 e. The zero-order chi connectivity index (χ0) is 28.7. The van der Waals surface area contributed by atoms with Crippen molar-refractivity contribution in [2.75, 3.05) is 17.2 Å². The highest BCUT2D eigenvalue weighted by Crippen LogP contribution is 2.42. The number of aromatic carboxylic acids is 1. The minimum atomic E-state index is -1.08. The number of carbonyl (C=O) groups excluding carboxylic acids is 1. The molecule has 0 radical (unpaired) electrons. The molecule has 41 heavy (non-hydrogen) atoms. The highest BCUT2D eigenvalue weighted by molar-refractivity contribution is 6.03. The molecule has 1 unspecified atom stereocenters. The van der Waals surface area contributed by atoms with Crippen molar-refractivity contribution in [2.45, 2.75) is 25.8 Å². The third-order valence-corrected chi connectivity index (χ3v) is 6.95. The van der Waals surface area contributed by atoms with Gasteiger partial charge in [-0.15, -0.1) is 0 Å². The average Bonchev–Trinajstić information content (AvgIpc) is 3.47. The predicted octanol–water partition coefficient (Wildman–Crippen LogP) is 3.89. The molecule has 2 aromatic carbocycles. The summed E-state index contributed by atoms with van der Waals surface area (Å²) in [6.07, 6.45) is 7.01. The first-order valence-corrected chi connectivity index (χ1v) is 13.1. The predicted molar refractivity (Wildman–Crippen MR) is 153 cm³/mol. The second kappa shape index (κ2) is 10.4. The first kappa shape index (κ1) is 26.0. The van der Waals surface area contributed by atoms with Crippen LogP contribution in [0.15, 0.2) is 55.1 Å². The SMILES string of the molecule is CC1CC(=O)Nc2cc(OCCc3ncc(C(=O)O)cn3)cc(-c3ccc4c(c3)c(-c3cnn(C)c3)nn4C)c2N1. The Morgan fingerprint density at radius 1 is 1.12 bits per heavy atom. The number of nitrogens with one attached hydrogen (secondary N) is 2. The lowest BCUT2D eigenvalue weighted by Gasteiger charge is -2.19. The smallest absolute Gasteiger partial charge is 0.338 e. The van der Waals surface area contributed by atoms with Gasteiger partial charge >= 0.3 is 5.97 Å². The molecule has 5 aromatic rings. The van der Waals surface area contributed by atoms with Crippen LogP contribution in [-0.2, 0) is 25.3 Å². The number of amides is 1. The number of nitrogens with zero attached hydrogens (tertiary/aromatic N) is 6. The van der Waals surface area contributed by atoms with Crippen molar-refractivity contribution >= 4 is 34.2 Å². The summed E-state index contributed by atoms with van der Waals surface area (Å²) in [5, 5.41) is 25.6. The monoisotopic (exact) mass is 552 g/mol. The number of hydrogen-bond acceptors (Lipinski definition) is 8. The minimum Gasteiger partial charge on any atom is -0.493 e. The third kappa shape index (κ3) is 5.19. The maximum absolute atomic E-state index is 12.6. The van der Waals surface area contributed by atoms with Gasteiger partial charge in [0, 0.05) is 74.1 Å². The molecule has 1 aliphatic heterocycles. The summed E-state index contributed by atoms with van der Waals surface area (Å²) >= 11 is 0. The Kier molecular flexibility index (Phi) is 6.58. The van der Waals surface area contributed by atoms with Gasteiger partial charge in [0.05, 0.1) is 35.3 Å². The van der Waals surface area contributed by atoms with Gasteiger partial charge < -0.3 is 20.5 Å². The maximum Gasteiger partial charge on any atom is 0.338 e. The topological polar surface area (TPSA) is 149 Å². The van der Waals surface area contributed by atoms with Crippen LogP contribution >= 0.6 is 0 Å². The van der Waals surface area contributed by atoms with E-state index in [9.17, 15) is 9.59 Å². The van der Waals surface area contributed by atoms with E-state index in [1.807, 2.05) is 50.1 Å². The number of benzene rings is 2. The standard InChI is InChI=1S/C29H28N8O4/c1-16-8-26(38)34-23-11-20(41-7-6-25-30-12-18(13-31-25)29(39)40)10-21(28(23)33-16)17-4-5-24-22(9-17)27(35-37(24)3)19-14-32-36(2)15-19/h4-5,9-16,33H,6-8H2,1-3H3,(H,34,38)(H,39,40). The van der Waals surface area contributed by atoms with Crippen LogP contribution in [0.5, 0.6) is 5.75 Å². The van der Waals surface area contributed by atoms with Crippen LogP contribution < -0.4 is 15.4 Å². The lowest BCUT2D eigenvalue weighted by molar-refractivity contribution is -0.116. The van der Waals surface area contributed by atoms with Crippen LogP contribution in [0.2, 0.25) is 0 Å². The third-order valence-electron chi connectivity index (χ3n) is 6.95. The van der Waals surface area contributed by atoms with E-state index in [1.54, 1.807) is 16.9 Å². The van der Waals surface area contributed by atoms with Crippen molar-refractivity contribution in [3.05, 3.63) is 66.5 Å². The number of carboxylic acids is 1. The number of ether oxygens (including phenoxy) is 1. The fraction of sp³-hybridized carbons (Fsp3) is 0.241. The van der Waals surface area contributed by atoms with Gasteiger partial charge in [-0.1, -0.05) is 6.07 Å². The van der Waals surface area contributed by atoms with Crippen LogP contribution in [0.25, 0.3) is 33.3 Å². The lowest BCUT2D eigenvalue weighted by Crippen LogP contribution is -2.19.